The first kappa shape index (κ1) is 17.9. The molecule has 0 saturated heterocycles. The number of sulfonamides is 1. The molecule has 1 aliphatic carbocycles. The van der Waals surface area contributed by atoms with Gasteiger partial charge in [0.05, 0.1) is 6.26 Å². The highest BCUT2D eigenvalue weighted by atomic mass is 32.2. The molecule has 1 aromatic carbocycles. The molecule has 0 aromatic heterocycles. The predicted molar refractivity (Wildman–Crippen MR) is 91.3 cm³/mol. The summed E-state index contributed by atoms with van der Waals surface area (Å²) >= 11 is 0. The van der Waals surface area contributed by atoms with Crippen LogP contribution in [0.5, 0.6) is 0 Å². The molecule has 0 unspecified atom stereocenters. The quantitative estimate of drug-likeness (QED) is 0.766. The van der Waals surface area contributed by atoms with Crippen molar-refractivity contribution in [3.63, 3.8) is 0 Å². The van der Waals surface area contributed by atoms with Gasteiger partial charge in [-0.1, -0.05) is 43.2 Å². The van der Waals surface area contributed by atoms with E-state index in [0.717, 1.165) is 31.2 Å². The standard InChI is InChI=1S/C17H26N2O3S/c1-18(14-15-8-4-3-5-9-15)17(20)12-13-19(23(2,21)22)16-10-6-7-11-16/h3-5,8-9,16H,6-7,10-14H2,1-2H3. The minimum Gasteiger partial charge on any atom is -0.341 e. The Morgan fingerprint density at radius 1 is 1.17 bits per heavy atom. The maximum Gasteiger partial charge on any atom is 0.223 e. The topological polar surface area (TPSA) is 57.7 Å². The van der Waals surface area contributed by atoms with Crippen molar-refractivity contribution in [1.29, 1.82) is 0 Å². The summed E-state index contributed by atoms with van der Waals surface area (Å²) in [5.74, 6) is -0.0273. The normalized spacial score (nSPS) is 16.0. The number of amides is 1. The highest BCUT2D eigenvalue weighted by Crippen LogP contribution is 2.25. The Hall–Kier alpha value is -1.40. The van der Waals surface area contributed by atoms with Gasteiger partial charge in [0.2, 0.25) is 15.9 Å². The van der Waals surface area contributed by atoms with Crippen molar-refractivity contribution in [3.05, 3.63) is 35.9 Å². The molecule has 128 valence electrons. The number of hydrogen-bond donors (Lipinski definition) is 0. The van der Waals surface area contributed by atoms with Gasteiger partial charge in [0.1, 0.15) is 0 Å². The van der Waals surface area contributed by atoms with Gasteiger partial charge in [0, 0.05) is 32.6 Å². The van der Waals surface area contributed by atoms with E-state index in [1.54, 1.807) is 11.9 Å². The van der Waals surface area contributed by atoms with Crippen LogP contribution >= 0.6 is 0 Å². The van der Waals surface area contributed by atoms with E-state index in [-0.39, 0.29) is 24.9 Å². The van der Waals surface area contributed by atoms with Gasteiger partial charge in [0.15, 0.2) is 0 Å². The van der Waals surface area contributed by atoms with E-state index in [0.29, 0.717) is 6.54 Å². The van der Waals surface area contributed by atoms with E-state index in [9.17, 15) is 13.2 Å². The zero-order valence-electron chi connectivity index (χ0n) is 13.9. The Morgan fingerprint density at radius 3 is 2.35 bits per heavy atom. The summed E-state index contributed by atoms with van der Waals surface area (Å²) in [6.45, 7) is 0.823. The summed E-state index contributed by atoms with van der Waals surface area (Å²) in [5.41, 5.74) is 1.07. The lowest BCUT2D eigenvalue weighted by atomic mass is 10.2. The Balaban J connectivity index is 1.90. The van der Waals surface area contributed by atoms with Gasteiger partial charge >= 0.3 is 0 Å². The molecule has 0 spiro atoms. The van der Waals surface area contributed by atoms with Gasteiger partial charge in [-0.2, -0.15) is 4.31 Å². The zero-order chi connectivity index (χ0) is 16.9. The minimum atomic E-state index is -3.27. The monoisotopic (exact) mass is 338 g/mol. The number of nitrogens with zero attached hydrogens (tertiary/aromatic N) is 2. The van der Waals surface area contributed by atoms with E-state index in [2.05, 4.69) is 0 Å². The average molecular weight is 338 g/mol. The van der Waals surface area contributed by atoms with Crippen molar-refractivity contribution in [2.24, 2.45) is 0 Å². The van der Waals surface area contributed by atoms with Crippen molar-refractivity contribution in [1.82, 2.24) is 9.21 Å². The number of carbonyl (C=O) groups excluding carboxylic acids is 1. The summed E-state index contributed by atoms with van der Waals surface area (Å²) in [5, 5.41) is 0. The molecule has 1 aromatic rings. The SMILES string of the molecule is CN(Cc1ccccc1)C(=O)CCN(C1CCCC1)S(C)(=O)=O. The molecular formula is C17H26N2O3S. The minimum absolute atomic E-state index is 0.0273. The van der Waals surface area contributed by atoms with Crippen molar-refractivity contribution in [2.45, 2.75) is 44.7 Å². The van der Waals surface area contributed by atoms with Crippen LogP contribution in [0.1, 0.15) is 37.7 Å². The van der Waals surface area contributed by atoms with Gasteiger partial charge in [-0.05, 0) is 18.4 Å². The number of rotatable bonds is 7. The largest absolute Gasteiger partial charge is 0.341 e. The number of benzene rings is 1. The van der Waals surface area contributed by atoms with Crippen LogP contribution in [0.15, 0.2) is 30.3 Å². The van der Waals surface area contributed by atoms with Crippen LogP contribution in [0.4, 0.5) is 0 Å². The molecule has 0 bridgehead atoms. The first-order valence-corrected chi connectivity index (χ1v) is 9.97. The predicted octanol–water partition coefficient (Wildman–Crippen LogP) is 2.24. The second-order valence-corrected chi connectivity index (χ2v) is 8.23. The smallest absolute Gasteiger partial charge is 0.223 e. The molecular weight excluding hydrogens is 312 g/mol. The van der Waals surface area contributed by atoms with Gasteiger partial charge in [-0.25, -0.2) is 8.42 Å². The zero-order valence-corrected chi connectivity index (χ0v) is 14.8. The van der Waals surface area contributed by atoms with Crippen LogP contribution in [0.25, 0.3) is 0 Å². The lowest BCUT2D eigenvalue weighted by Crippen LogP contribution is -2.40. The molecule has 0 aliphatic heterocycles. The van der Waals surface area contributed by atoms with Gasteiger partial charge in [0.25, 0.3) is 0 Å². The molecule has 2 rings (SSSR count). The summed E-state index contributed by atoms with van der Waals surface area (Å²) in [4.78, 5) is 14.0. The van der Waals surface area contributed by atoms with Crippen molar-refractivity contribution < 1.29 is 13.2 Å². The van der Waals surface area contributed by atoms with Gasteiger partial charge in [-0.15, -0.1) is 0 Å². The molecule has 1 aliphatic rings. The first-order valence-electron chi connectivity index (χ1n) is 8.12. The third kappa shape index (κ3) is 5.32. The Bertz CT molecular complexity index is 610. The molecule has 5 nitrogen and oxygen atoms in total. The summed E-state index contributed by atoms with van der Waals surface area (Å²) < 4.78 is 25.5. The van der Waals surface area contributed by atoms with Crippen LogP contribution in [0.2, 0.25) is 0 Å². The Labute approximate surface area is 139 Å². The molecule has 1 saturated carbocycles. The second-order valence-electron chi connectivity index (χ2n) is 6.30. The van der Waals surface area contributed by atoms with Crippen LogP contribution < -0.4 is 0 Å². The average Bonchev–Trinajstić information content (AvgIpc) is 3.00. The van der Waals surface area contributed by atoms with Crippen molar-refractivity contribution >= 4 is 15.9 Å². The summed E-state index contributed by atoms with van der Waals surface area (Å²) in [6.07, 6.45) is 5.41. The van der Waals surface area contributed by atoms with Crippen LogP contribution in [0, 0.1) is 0 Å². The fourth-order valence-corrected chi connectivity index (χ4v) is 4.33. The third-order valence-corrected chi connectivity index (χ3v) is 5.73. The first-order chi connectivity index (χ1) is 10.9. The Kier molecular flexibility index (Phi) is 6.18. The maximum absolute atomic E-state index is 12.3. The highest BCUT2D eigenvalue weighted by molar-refractivity contribution is 7.88. The maximum atomic E-state index is 12.3. The lowest BCUT2D eigenvalue weighted by molar-refractivity contribution is -0.130. The van der Waals surface area contributed by atoms with Gasteiger partial charge < -0.3 is 4.90 Å². The fraction of sp³-hybridized carbons (Fsp3) is 0.588. The van der Waals surface area contributed by atoms with Crippen LogP contribution in [-0.4, -0.2) is 49.4 Å². The van der Waals surface area contributed by atoms with E-state index < -0.39 is 10.0 Å². The van der Waals surface area contributed by atoms with E-state index in [4.69, 9.17) is 0 Å². The van der Waals surface area contributed by atoms with Crippen molar-refractivity contribution in [3.8, 4) is 0 Å². The van der Waals surface area contributed by atoms with E-state index >= 15 is 0 Å². The lowest BCUT2D eigenvalue weighted by Gasteiger charge is -2.27. The second kappa shape index (κ2) is 7.93. The van der Waals surface area contributed by atoms with Crippen molar-refractivity contribution in [2.75, 3.05) is 19.8 Å². The molecule has 1 fully saturated rings. The highest BCUT2D eigenvalue weighted by Gasteiger charge is 2.29. The summed E-state index contributed by atoms with van der Waals surface area (Å²) in [7, 11) is -1.51. The Morgan fingerprint density at radius 2 is 1.78 bits per heavy atom. The van der Waals surface area contributed by atoms with Crippen LogP contribution in [-0.2, 0) is 21.4 Å². The fourth-order valence-electron chi connectivity index (χ4n) is 3.15. The molecule has 0 radical (unpaired) electrons. The van der Waals surface area contributed by atoms with Crippen LogP contribution in [0.3, 0.4) is 0 Å². The van der Waals surface area contributed by atoms with Gasteiger partial charge in [-0.3, -0.25) is 4.79 Å². The summed E-state index contributed by atoms with van der Waals surface area (Å²) in [6, 6.07) is 9.85. The van der Waals surface area contributed by atoms with E-state index in [1.165, 1.54) is 10.6 Å². The molecule has 1 amide bonds. The molecule has 0 heterocycles. The molecule has 0 atom stereocenters. The molecule has 0 N–H and O–H groups in total. The molecule has 23 heavy (non-hydrogen) atoms. The molecule has 6 heteroatoms. The van der Waals surface area contributed by atoms with E-state index in [1.807, 2.05) is 30.3 Å². The third-order valence-electron chi connectivity index (χ3n) is 4.39. The number of carbonyl (C=O) groups is 1. The number of hydrogen-bond acceptors (Lipinski definition) is 3.